The first-order valence-electron chi connectivity index (χ1n) is 7.90. The summed E-state index contributed by atoms with van der Waals surface area (Å²) in [5.41, 5.74) is 1.30. The van der Waals surface area contributed by atoms with E-state index in [0.717, 1.165) is 34.0 Å². The summed E-state index contributed by atoms with van der Waals surface area (Å²) >= 11 is 6.86. The second-order valence-corrected chi connectivity index (χ2v) is 6.91. The molecule has 0 unspecified atom stereocenters. The maximum atomic E-state index is 13.1. The second kappa shape index (κ2) is 7.93. The van der Waals surface area contributed by atoms with Gasteiger partial charge in [0, 0.05) is 5.02 Å². The van der Waals surface area contributed by atoms with Crippen LogP contribution in [-0.4, -0.2) is 22.7 Å². The van der Waals surface area contributed by atoms with Crippen molar-refractivity contribution in [1.82, 2.24) is 4.90 Å². The van der Waals surface area contributed by atoms with Crippen molar-refractivity contribution in [2.75, 3.05) is 6.61 Å². The predicted molar refractivity (Wildman–Crippen MR) is 101 cm³/mol. The van der Waals surface area contributed by atoms with Gasteiger partial charge in [0.1, 0.15) is 11.6 Å². The summed E-state index contributed by atoms with van der Waals surface area (Å²) in [4.78, 5) is 26.2. The summed E-state index contributed by atoms with van der Waals surface area (Å²) in [5, 5.41) is -0.202. The lowest BCUT2D eigenvalue weighted by molar-refractivity contribution is -0.123. The van der Waals surface area contributed by atoms with E-state index < -0.39 is 11.7 Å². The Morgan fingerprint density at radius 1 is 1.19 bits per heavy atom. The van der Waals surface area contributed by atoms with Gasteiger partial charge in [0.15, 0.2) is 0 Å². The molecule has 0 atom stereocenters. The Balaban J connectivity index is 1.77. The van der Waals surface area contributed by atoms with E-state index in [-0.39, 0.29) is 16.8 Å². The third-order valence-electron chi connectivity index (χ3n) is 3.71. The maximum absolute atomic E-state index is 13.1. The molecule has 0 radical (unpaired) electrons. The Kier molecular flexibility index (Phi) is 5.64. The second-order valence-electron chi connectivity index (χ2n) is 5.51. The first-order valence-corrected chi connectivity index (χ1v) is 9.09. The minimum absolute atomic E-state index is 0.00436. The Hall–Kier alpha value is -2.31. The normalized spacial score (nSPS) is 15.8. The van der Waals surface area contributed by atoms with Crippen molar-refractivity contribution in [3.05, 3.63) is 69.3 Å². The first-order chi connectivity index (χ1) is 12.5. The van der Waals surface area contributed by atoms with E-state index in [9.17, 15) is 14.0 Å². The Morgan fingerprint density at radius 3 is 2.58 bits per heavy atom. The van der Waals surface area contributed by atoms with E-state index in [1.54, 1.807) is 18.2 Å². The maximum Gasteiger partial charge on any atom is 0.293 e. The number of benzene rings is 2. The standard InChI is InChI=1S/C19H15ClFNO3S/c1-2-25-15-7-3-12(4-8-15)9-17-18(23)22(19(24)26-17)11-13-5-6-14(21)10-16(13)20/h3-10H,2,11H2,1H3/b17-9+. The van der Waals surface area contributed by atoms with Gasteiger partial charge in [-0.05, 0) is 60.2 Å². The van der Waals surface area contributed by atoms with Gasteiger partial charge in [0.05, 0.1) is 18.1 Å². The molecule has 1 aliphatic heterocycles. The molecule has 1 saturated heterocycles. The molecule has 0 saturated carbocycles. The van der Waals surface area contributed by atoms with Crippen molar-refractivity contribution in [2.45, 2.75) is 13.5 Å². The van der Waals surface area contributed by atoms with E-state index in [0.29, 0.717) is 17.1 Å². The Morgan fingerprint density at radius 2 is 1.92 bits per heavy atom. The first kappa shape index (κ1) is 18.5. The smallest absolute Gasteiger partial charge is 0.293 e. The van der Waals surface area contributed by atoms with Gasteiger partial charge in [-0.15, -0.1) is 0 Å². The molecule has 2 amide bonds. The zero-order chi connectivity index (χ0) is 18.7. The van der Waals surface area contributed by atoms with Crippen LogP contribution in [0.3, 0.4) is 0 Å². The molecule has 134 valence electrons. The van der Waals surface area contributed by atoms with Gasteiger partial charge < -0.3 is 4.74 Å². The molecule has 0 aromatic heterocycles. The summed E-state index contributed by atoms with van der Waals surface area (Å²) in [6.45, 7) is 2.48. The number of ether oxygens (including phenoxy) is 1. The van der Waals surface area contributed by atoms with Crippen LogP contribution in [0.2, 0.25) is 5.02 Å². The van der Waals surface area contributed by atoms with E-state index in [4.69, 9.17) is 16.3 Å². The fourth-order valence-electron chi connectivity index (χ4n) is 2.43. The molecule has 2 aromatic carbocycles. The Labute approximate surface area is 159 Å². The SMILES string of the molecule is CCOc1ccc(/C=C2/SC(=O)N(Cc3ccc(F)cc3Cl)C2=O)cc1. The van der Waals surface area contributed by atoms with Crippen LogP contribution in [-0.2, 0) is 11.3 Å². The molecule has 0 spiro atoms. The average molecular weight is 392 g/mol. The van der Waals surface area contributed by atoms with Crippen LogP contribution in [0.25, 0.3) is 6.08 Å². The van der Waals surface area contributed by atoms with Gasteiger partial charge in [-0.3, -0.25) is 14.5 Å². The van der Waals surface area contributed by atoms with Crippen LogP contribution in [0.1, 0.15) is 18.1 Å². The number of thioether (sulfide) groups is 1. The van der Waals surface area contributed by atoms with Gasteiger partial charge in [0.25, 0.3) is 11.1 Å². The van der Waals surface area contributed by atoms with Crippen LogP contribution in [0.4, 0.5) is 9.18 Å². The number of nitrogens with zero attached hydrogens (tertiary/aromatic N) is 1. The summed E-state index contributed by atoms with van der Waals surface area (Å²) in [5.74, 6) is -0.124. The lowest BCUT2D eigenvalue weighted by Crippen LogP contribution is -2.27. The predicted octanol–water partition coefficient (Wildman–Crippen LogP) is 5.11. The molecule has 4 nitrogen and oxygen atoms in total. The van der Waals surface area contributed by atoms with Gasteiger partial charge >= 0.3 is 0 Å². The lowest BCUT2D eigenvalue weighted by Gasteiger charge is -2.13. The molecule has 1 heterocycles. The largest absolute Gasteiger partial charge is 0.494 e. The van der Waals surface area contributed by atoms with Crippen molar-refractivity contribution in [1.29, 1.82) is 0 Å². The van der Waals surface area contributed by atoms with E-state index in [1.807, 2.05) is 19.1 Å². The lowest BCUT2D eigenvalue weighted by atomic mass is 10.2. The van der Waals surface area contributed by atoms with Gasteiger partial charge in [-0.25, -0.2) is 4.39 Å². The molecule has 3 rings (SSSR count). The Bertz CT molecular complexity index is 883. The number of amides is 2. The fourth-order valence-corrected chi connectivity index (χ4v) is 3.50. The number of rotatable bonds is 5. The van der Waals surface area contributed by atoms with E-state index >= 15 is 0 Å². The highest BCUT2D eigenvalue weighted by atomic mass is 35.5. The highest BCUT2D eigenvalue weighted by Gasteiger charge is 2.35. The minimum atomic E-state index is -0.469. The third-order valence-corrected chi connectivity index (χ3v) is 4.97. The zero-order valence-electron chi connectivity index (χ0n) is 13.9. The van der Waals surface area contributed by atoms with Gasteiger partial charge in [0.2, 0.25) is 0 Å². The number of carbonyl (C=O) groups excluding carboxylic acids is 2. The highest BCUT2D eigenvalue weighted by Crippen LogP contribution is 2.34. The minimum Gasteiger partial charge on any atom is -0.494 e. The average Bonchev–Trinajstić information content (AvgIpc) is 2.86. The molecule has 1 aliphatic rings. The molecule has 7 heteroatoms. The zero-order valence-corrected chi connectivity index (χ0v) is 15.4. The van der Waals surface area contributed by atoms with Crippen molar-refractivity contribution in [3.63, 3.8) is 0 Å². The summed E-state index contributed by atoms with van der Waals surface area (Å²) in [6, 6.07) is 11.1. The van der Waals surface area contributed by atoms with Gasteiger partial charge in [-0.2, -0.15) is 0 Å². The molecule has 26 heavy (non-hydrogen) atoms. The highest BCUT2D eigenvalue weighted by molar-refractivity contribution is 8.18. The van der Waals surface area contributed by atoms with Crippen LogP contribution in [0, 0.1) is 5.82 Å². The van der Waals surface area contributed by atoms with E-state index in [2.05, 4.69) is 0 Å². The summed E-state index contributed by atoms with van der Waals surface area (Å²) in [7, 11) is 0. The molecule has 1 fully saturated rings. The van der Waals surface area contributed by atoms with Crippen LogP contribution in [0.5, 0.6) is 5.75 Å². The number of hydrogen-bond acceptors (Lipinski definition) is 4. The quantitative estimate of drug-likeness (QED) is 0.664. The van der Waals surface area contributed by atoms with Crippen molar-refractivity contribution in [2.24, 2.45) is 0 Å². The van der Waals surface area contributed by atoms with Gasteiger partial charge in [-0.1, -0.05) is 29.8 Å². The topological polar surface area (TPSA) is 46.6 Å². The number of imide groups is 1. The van der Waals surface area contributed by atoms with Crippen LogP contribution < -0.4 is 4.74 Å². The monoisotopic (exact) mass is 391 g/mol. The van der Waals surface area contributed by atoms with Crippen molar-refractivity contribution < 1.29 is 18.7 Å². The van der Waals surface area contributed by atoms with Crippen molar-refractivity contribution >= 4 is 40.6 Å². The molecule has 0 bridgehead atoms. The molecular formula is C19H15ClFNO3S. The van der Waals surface area contributed by atoms with E-state index in [1.165, 1.54) is 12.1 Å². The molecule has 2 aromatic rings. The molecule has 0 aliphatic carbocycles. The van der Waals surface area contributed by atoms with Crippen LogP contribution >= 0.6 is 23.4 Å². The molecular weight excluding hydrogens is 377 g/mol. The number of halogens is 2. The fraction of sp³-hybridized carbons (Fsp3) is 0.158. The third kappa shape index (κ3) is 4.08. The number of hydrogen-bond donors (Lipinski definition) is 0. The van der Waals surface area contributed by atoms with Crippen LogP contribution in [0.15, 0.2) is 47.4 Å². The van der Waals surface area contributed by atoms with Crippen molar-refractivity contribution in [3.8, 4) is 5.75 Å². The number of carbonyl (C=O) groups is 2. The summed E-state index contributed by atoms with van der Waals surface area (Å²) < 4.78 is 18.5. The summed E-state index contributed by atoms with van der Waals surface area (Å²) in [6.07, 6.45) is 1.66. The molecule has 0 N–H and O–H groups in total.